The molecule has 1 amide bonds. The Morgan fingerprint density at radius 2 is 1.88 bits per heavy atom. The minimum Gasteiger partial charge on any atom is -0.484 e. The molecular formula is C17H15Br2NO4. The van der Waals surface area contributed by atoms with Gasteiger partial charge in [0.1, 0.15) is 5.75 Å². The molecule has 0 radical (unpaired) electrons. The van der Waals surface area contributed by atoms with E-state index in [9.17, 15) is 9.59 Å². The predicted octanol–water partition coefficient (Wildman–Crippen LogP) is 4.32. The van der Waals surface area contributed by atoms with E-state index in [0.29, 0.717) is 15.9 Å². The molecule has 126 valence electrons. The number of hydrogen-bond acceptors (Lipinski definition) is 4. The highest BCUT2D eigenvalue weighted by molar-refractivity contribution is 9.10. The van der Waals surface area contributed by atoms with E-state index in [1.54, 1.807) is 24.3 Å². The zero-order valence-corrected chi connectivity index (χ0v) is 16.2. The van der Waals surface area contributed by atoms with Crippen LogP contribution in [0.3, 0.4) is 0 Å². The summed E-state index contributed by atoms with van der Waals surface area (Å²) in [6.07, 6.45) is 0. The van der Waals surface area contributed by atoms with Crippen LogP contribution in [0, 0.1) is 6.92 Å². The van der Waals surface area contributed by atoms with E-state index in [-0.39, 0.29) is 18.1 Å². The number of anilines is 1. The van der Waals surface area contributed by atoms with Crippen LogP contribution in [-0.2, 0) is 9.53 Å². The Kier molecular flexibility index (Phi) is 6.39. The summed E-state index contributed by atoms with van der Waals surface area (Å²) in [7, 11) is 1.29. The highest BCUT2D eigenvalue weighted by Gasteiger charge is 2.15. The molecule has 0 unspecified atom stereocenters. The Labute approximate surface area is 156 Å². The monoisotopic (exact) mass is 455 g/mol. The van der Waals surface area contributed by atoms with Gasteiger partial charge in [0.15, 0.2) is 6.61 Å². The molecule has 0 saturated carbocycles. The Morgan fingerprint density at radius 1 is 1.12 bits per heavy atom. The molecule has 0 aromatic heterocycles. The summed E-state index contributed by atoms with van der Waals surface area (Å²) in [5.41, 5.74) is 1.64. The third-order valence-electron chi connectivity index (χ3n) is 3.16. The molecule has 0 bridgehead atoms. The van der Waals surface area contributed by atoms with Crippen LogP contribution in [0.25, 0.3) is 0 Å². The molecule has 0 atom stereocenters. The molecular weight excluding hydrogens is 442 g/mol. The molecule has 0 aliphatic carbocycles. The standard InChI is InChI=1S/C17H15Br2NO4/c1-10-7-12(4-5-14(10)19)24-9-16(21)20-15-6-3-11(18)8-13(15)17(22)23-2/h3-8H,9H2,1-2H3,(H,20,21). The largest absolute Gasteiger partial charge is 0.484 e. The van der Waals surface area contributed by atoms with Crippen molar-refractivity contribution in [1.82, 2.24) is 0 Å². The molecule has 0 fully saturated rings. The molecule has 0 aliphatic rings. The number of ether oxygens (including phenoxy) is 2. The van der Waals surface area contributed by atoms with Crippen molar-refractivity contribution in [1.29, 1.82) is 0 Å². The van der Waals surface area contributed by atoms with Crippen LogP contribution in [-0.4, -0.2) is 25.6 Å². The van der Waals surface area contributed by atoms with Crippen molar-refractivity contribution < 1.29 is 19.1 Å². The molecule has 0 heterocycles. The number of hydrogen-bond donors (Lipinski definition) is 1. The van der Waals surface area contributed by atoms with Gasteiger partial charge in [-0.1, -0.05) is 31.9 Å². The van der Waals surface area contributed by atoms with E-state index < -0.39 is 5.97 Å². The van der Waals surface area contributed by atoms with E-state index >= 15 is 0 Å². The van der Waals surface area contributed by atoms with E-state index in [1.807, 2.05) is 19.1 Å². The van der Waals surface area contributed by atoms with Gasteiger partial charge < -0.3 is 14.8 Å². The van der Waals surface area contributed by atoms with Crippen LogP contribution >= 0.6 is 31.9 Å². The van der Waals surface area contributed by atoms with E-state index in [4.69, 9.17) is 9.47 Å². The first kappa shape index (κ1) is 18.5. The molecule has 2 aromatic carbocycles. The van der Waals surface area contributed by atoms with E-state index in [0.717, 1.165) is 10.0 Å². The van der Waals surface area contributed by atoms with Gasteiger partial charge in [-0.15, -0.1) is 0 Å². The molecule has 2 aromatic rings. The summed E-state index contributed by atoms with van der Waals surface area (Å²) in [4.78, 5) is 23.9. The van der Waals surface area contributed by atoms with E-state index in [1.165, 1.54) is 7.11 Å². The number of methoxy groups -OCH3 is 1. The number of benzene rings is 2. The van der Waals surface area contributed by atoms with Crippen LogP contribution in [0.4, 0.5) is 5.69 Å². The Balaban J connectivity index is 2.04. The fraction of sp³-hybridized carbons (Fsp3) is 0.176. The van der Waals surface area contributed by atoms with Gasteiger partial charge in [-0.05, 0) is 48.9 Å². The zero-order chi connectivity index (χ0) is 17.7. The first-order valence-corrected chi connectivity index (χ1v) is 8.56. The third kappa shape index (κ3) is 4.82. The summed E-state index contributed by atoms with van der Waals surface area (Å²) < 4.78 is 11.9. The van der Waals surface area contributed by atoms with Crippen LogP contribution in [0.5, 0.6) is 5.75 Å². The van der Waals surface area contributed by atoms with Crippen molar-refractivity contribution in [2.45, 2.75) is 6.92 Å². The first-order valence-electron chi connectivity index (χ1n) is 6.97. The van der Waals surface area contributed by atoms with Gasteiger partial charge in [-0.2, -0.15) is 0 Å². The predicted molar refractivity (Wildman–Crippen MR) is 98.5 cm³/mol. The summed E-state index contributed by atoms with van der Waals surface area (Å²) >= 11 is 6.69. The SMILES string of the molecule is COC(=O)c1cc(Br)ccc1NC(=O)COc1ccc(Br)c(C)c1. The van der Waals surface area contributed by atoms with Crippen LogP contribution in [0.2, 0.25) is 0 Å². The topological polar surface area (TPSA) is 64.6 Å². The van der Waals surface area contributed by atoms with Crippen LogP contribution in [0.15, 0.2) is 45.3 Å². The zero-order valence-electron chi connectivity index (χ0n) is 13.1. The molecule has 2 rings (SSSR count). The lowest BCUT2D eigenvalue weighted by atomic mass is 10.2. The Bertz CT molecular complexity index is 777. The van der Waals surface area contributed by atoms with Crippen molar-refractivity contribution in [3.8, 4) is 5.75 Å². The summed E-state index contributed by atoms with van der Waals surface area (Å²) in [5.74, 6) is -0.311. The normalized spacial score (nSPS) is 10.2. The second-order valence-electron chi connectivity index (χ2n) is 4.93. The minimum absolute atomic E-state index is 0.169. The first-order chi connectivity index (χ1) is 11.4. The third-order valence-corrected chi connectivity index (χ3v) is 4.54. The van der Waals surface area contributed by atoms with Gasteiger partial charge in [-0.3, -0.25) is 4.79 Å². The summed E-state index contributed by atoms with van der Waals surface area (Å²) in [6, 6.07) is 10.4. The van der Waals surface area contributed by atoms with E-state index in [2.05, 4.69) is 37.2 Å². The van der Waals surface area contributed by atoms with Gasteiger partial charge in [-0.25, -0.2) is 4.79 Å². The quantitative estimate of drug-likeness (QED) is 0.680. The number of carbonyl (C=O) groups is 2. The number of aryl methyl sites for hydroxylation is 1. The van der Waals surface area contributed by atoms with Gasteiger partial charge in [0, 0.05) is 8.95 Å². The number of nitrogens with one attached hydrogen (secondary N) is 1. The average molecular weight is 457 g/mol. The highest BCUT2D eigenvalue weighted by atomic mass is 79.9. The lowest BCUT2D eigenvalue weighted by Gasteiger charge is -2.11. The molecule has 0 aliphatic heterocycles. The fourth-order valence-corrected chi connectivity index (χ4v) is 2.55. The van der Waals surface area contributed by atoms with Crippen molar-refractivity contribution in [3.05, 3.63) is 56.5 Å². The fourth-order valence-electron chi connectivity index (χ4n) is 1.95. The van der Waals surface area contributed by atoms with Crippen LogP contribution < -0.4 is 10.1 Å². The second-order valence-corrected chi connectivity index (χ2v) is 6.70. The minimum atomic E-state index is -0.531. The molecule has 5 nitrogen and oxygen atoms in total. The second kappa shape index (κ2) is 8.30. The van der Waals surface area contributed by atoms with Crippen molar-refractivity contribution in [3.63, 3.8) is 0 Å². The van der Waals surface area contributed by atoms with Gasteiger partial charge in [0.25, 0.3) is 5.91 Å². The number of halogens is 2. The van der Waals surface area contributed by atoms with Crippen molar-refractivity contribution in [2.75, 3.05) is 19.0 Å². The summed E-state index contributed by atoms with van der Waals surface area (Å²) in [6.45, 7) is 1.76. The van der Waals surface area contributed by atoms with Crippen molar-refractivity contribution in [2.24, 2.45) is 0 Å². The average Bonchev–Trinajstić information content (AvgIpc) is 2.56. The molecule has 1 N–H and O–H groups in total. The van der Waals surface area contributed by atoms with Gasteiger partial charge >= 0.3 is 5.97 Å². The lowest BCUT2D eigenvalue weighted by Crippen LogP contribution is -2.21. The molecule has 0 spiro atoms. The van der Waals surface area contributed by atoms with Gasteiger partial charge in [0.05, 0.1) is 18.4 Å². The number of amides is 1. The number of carbonyl (C=O) groups excluding carboxylic acids is 2. The number of esters is 1. The maximum atomic E-state index is 12.1. The van der Waals surface area contributed by atoms with Crippen molar-refractivity contribution >= 4 is 49.4 Å². The Hall–Kier alpha value is -1.86. The Morgan fingerprint density at radius 3 is 2.54 bits per heavy atom. The molecule has 7 heteroatoms. The van der Waals surface area contributed by atoms with Crippen LogP contribution in [0.1, 0.15) is 15.9 Å². The maximum absolute atomic E-state index is 12.1. The number of rotatable bonds is 5. The smallest absolute Gasteiger partial charge is 0.340 e. The highest BCUT2D eigenvalue weighted by Crippen LogP contribution is 2.23. The maximum Gasteiger partial charge on any atom is 0.340 e. The molecule has 0 saturated heterocycles. The van der Waals surface area contributed by atoms with Gasteiger partial charge in [0.2, 0.25) is 0 Å². The lowest BCUT2D eigenvalue weighted by molar-refractivity contribution is -0.118. The summed E-state index contributed by atoms with van der Waals surface area (Å²) in [5, 5.41) is 2.65. The molecule has 24 heavy (non-hydrogen) atoms.